The Balaban J connectivity index is 1.39. The van der Waals surface area contributed by atoms with Crippen molar-refractivity contribution < 1.29 is 9.90 Å². The zero-order valence-electron chi connectivity index (χ0n) is 23.8. The number of piperazine rings is 1. The van der Waals surface area contributed by atoms with Crippen molar-refractivity contribution >= 4 is 18.0 Å². The highest BCUT2D eigenvalue weighted by atomic mass is 16.3. The lowest BCUT2D eigenvalue weighted by molar-refractivity contribution is -0.138. The second-order valence-electron chi connectivity index (χ2n) is 12.2. The minimum atomic E-state index is -0.768. The number of β-amino-alcohol motifs (C(OH)–C–C–N with tert-alkyl or cyclic N) is 1. The number of anilines is 2. The number of carbonyl (C=O) groups is 1. The third kappa shape index (κ3) is 5.62. The highest BCUT2D eigenvalue weighted by molar-refractivity contribution is 5.52. The van der Waals surface area contributed by atoms with Crippen LogP contribution in [0.3, 0.4) is 0 Å². The van der Waals surface area contributed by atoms with Crippen LogP contribution in [-0.4, -0.2) is 103 Å². The van der Waals surface area contributed by atoms with E-state index in [-0.39, 0.29) is 5.54 Å². The fourth-order valence-electron chi connectivity index (χ4n) is 6.86. The van der Waals surface area contributed by atoms with E-state index in [4.69, 9.17) is 0 Å². The molecule has 0 atom stereocenters. The first kappa shape index (κ1) is 27.8. The van der Waals surface area contributed by atoms with E-state index in [9.17, 15) is 9.90 Å². The van der Waals surface area contributed by atoms with Gasteiger partial charge in [-0.3, -0.25) is 9.69 Å². The number of nitrogens with zero attached hydrogens (tertiary/aromatic N) is 6. The van der Waals surface area contributed by atoms with Crippen molar-refractivity contribution in [1.82, 2.24) is 25.1 Å². The van der Waals surface area contributed by atoms with Gasteiger partial charge in [-0.1, -0.05) is 30.3 Å². The molecule has 0 radical (unpaired) electrons. The van der Waals surface area contributed by atoms with Gasteiger partial charge >= 0.3 is 0 Å². The molecule has 0 unspecified atom stereocenters. The molecule has 212 valence electrons. The summed E-state index contributed by atoms with van der Waals surface area (Å²) in [5.74, 6) is 0.765. The molecule has 2 aromatic rings. The molecule has 2 heterocycles. The van der Waals surface area contributed by atoms with Crippen LogP contribution in [-0.2, 0) is 10.3 Å². The largest absolute Gasteiger partial charge is 0.388 e. The van der Waals surface area contributed by atoms with Crippen molar-refractivity contribution in [2.45, 2.75) is 61.6 Å². The molecule has 1 amide bonds. The summed E-state index contributed by atoms with van der Waals surface area (Å²) in [6.45, 7) is 4.76. The molecular formula is C30H45N7O2. The predicted octanol–water partition coefficient (Wildman–Crippen LogP) is 2.47. The number of aromatic nitrogens is 2. The minimum absolute atomic E-state index is 0.0840. The number of nitrogens with one attached hydrogen (secondary N) is 1. The summed E-state index contributed by atoms with van der Waals surface area (Å²) in [6, 6.07) is 10.8. The Morgan fingerprint density at radius 2 is 1.59 bits per heavy atom. The topological polar surface area (TPSA) is 88.1 Å². The Morgan fingerprint density at radius 1 is 0.949 bits per heavy atom. The lowest BCUT2D eigenvalue weighted by Crippen LogP contribution is -2.63. The maximum Gasteiger partial charge on any atom is 0.225 e. The molecule has 5 rings (SSSR count). The first-order valence-corrected chi connectivity index (χ1v) is 14.5. The van der Waals surface area contributed by atoms with E-state index in [2.05, 4.69) is 81.5 Å². The van der Waals surface area contributed by atoms with E-state index >= 15 is 0 Å². The average molecular weight is 536 g/mol. The Labute approximate surface area is 233 Å². The molecule has 2 aliphatic carbocycles. The third-order valence-corrected chi connectivity index (χ3v) is 9.66. The number of aliphatic hydroxyl groups is 1. The normalized spacial score (nSPS) is 26.6. The first-order chi connectivity index (χ1) is 18.8. The van der Waals surface area contributed by atoms with Crippen molar-refractivity contribution in [3.8, 4) is 0 Å². The monoisotopic (exact) mass is 535 g/mol. The van der Waals surface area contributed by atoms with Crippen molar-refractivity contribution in [3.05, 3.63) is 48.3 Å². The number of carbonyl (C=O) groups excluding carboxylic acids is 1. The van der Waals surface area contributed by atoms with Crippen LogP contribution in [0.4, 0.5) is 11.6 Å². The van der Waals surface area contributed by atoms with Crippen LogP contribution in [0.5, 0.6) is 0 Å². The molecule has 0 spiro atoms. The lowest BCUT2D eigenvalue weighted by Gasteiger charge is -2.55. The molecule has 1 aromatic carbocycles. The van der Waals surface area contributed by atoms with Gasteiger partial charge in [0.1, 0.15) is 0 Å². The van der Waals surface area contributed by atoms with E-state index < -0.39 is 11.1 Å². The van der Waals surface area contributed by atoms with Crippen LogP contribution >= 0.6 is 0 Å². The maximum atomic E-state index is 12.7. The quantitative estimate of drug-likeness (QED) is 0.449. The Bertz CT molecular complexity index is 1080. The van der Waals surface area contributed by atoms with Crippen LogP contribution in [0.2, 0.25) is 0 Å². The van der Waals surface area contributed by atoms with Gasteiger partial charge in [-0.2, -0.15) is 0 Å². The summed E-state index contributed by atoms with van der Waals surface area (Å²) >= 11 is 0. The molecule has 9 nitrogen and oxygen atoms in total. The summed E-state index contributed by atoms with van der Waals surface area (Å²) in [5.41, 5.74) is 1.01. The van der Waals surface area contributed by atoms with E-state index in [1.54, 1.807) is 0 Å². The van der Waals surface area contributed by atoms with E-state index in [1.165, 1.54) is 5.56 Å². The zero-order valence-corrected chi connectivity index (χ0v) is 23.8. The van der Waals surface area contributed by atoms with Crippen LogP contribution in [0.1, 0.15) is 50.5 Å². The second-order valence-corrected chi connectivity index (χ2v) is 12.2. The summed E-state index contributed by atoms with van der Waals surface area (Å²) < 4.78 is 0. The van der Waals surface area contributed by atoms with Crippen molar-refractivity contribution in [3.63, 3.8) is 0 Å². The van der Waals surface area contributed by atoms with Gasteiger partial charge in [0.15, 0.2) is 0 Å². The molecule has 2 N–H and O–H groups in total. The summed E-state index contributed by atoms with van der Waals surface area (Å²) in [7, 11) is 6.40. The molecule has 3 aliphatic rings. The zero-order chi connectivity index (χ0) is 27.5. The highest BCUT2D eigenvalue weighted by Gasteiger charge is 2.50. The lowest BCUT2D eigenvalue weighted by atomic mass is 9.67. The summed E-state index contributed by atoms with van der Waals surface area (Å²) in [6.07, 6.45) is 10.9. The van der Waals surface area contributed by atoms with Crippen molar-refractivity contribution in [2.75, 3.05) is 70.2 Å². The Kier molecular flexibility index (Phi) is 8.12. The molecular weight excluding hydrogens is 490 g/mol. The van der Waals surface area contributed by atoms with Gasteiger partial charge in [0.2, 0.25) is 12.4 Å². The molecule has 1 saturated heterocycles. The standard InChI is InChI=1S/C30H45N7O2/c1-34(2)30(25-8-5-4-6-9-25)14-12-28(13-15-30,37(24-38)23-29(39)10-7-11-29)22-35(3)26-20-32-27(33-21-26)36-18-16-31-17-19-36/h4-6,8-9,20-21,24,31,39H,7,10-19,22-23H2,1-3H3. The molecule has 39 heavy (non-hydrogen) atoms. The predicted molar refractivity (Wildman–Crippen MR) is 155 cm³/mol. The Hall–Kier alpha value is -2.75. The van der Waals surface area contributed by atoms with E-state index in [0.717, 1.165) is 89.2 Å². The van der Waals surface area contributed by atoms with Crippen LogP contribution < -0.4 is 15.1 Å². The van der Waals surface area contributed by atoms with Crippen molar-refractivity contribution in [1.29, 1.82) is 0 Å². The first-order valence-electron chi connectivity index (χ1n) is 14.5. The van der Waals surface area contributed by atoms with Crippen LogP contribution in [0.15, 0.2) is 42.7 Å². The molecule has 1 aliphatic heterocycles. The Morgan fingerprint density at radius 3 is 2.13 bits per heavy atom. The number of rotatable bonds is 10. The molecule has 0 bridgehead atoms. The van der Waals surface area contributed by atoms with Gasteiger partial charge in [0, 0.05) is 51.9 Å². The number of benzene rings is 1. The van der Waals surface area contributed by atoms with Crippen LogP contribution in [0, 0.1) is 0 Å². The van der Waals surface area contributed by atoms with E-state index in [1.807, 2.05) is 17.3 Å². The van der Waals surface area contributed by atoms with Gasteiger partial charge in [-0.05, 0) is 64.6 Å². The SMILES string of the molecule is CN(CC1(N(C=O)CC2(O)CCC2)CCC(c2ccccc2)(N(C)C)CC1)c1cnc(N2CCNCC2)nc1. The number of likely N-dealkylation sites (N-methyl/N-ethyl adjacent to an activating group) is 1. The van der Waals surface area contributed by atoms with Crippen molar-refractivity contribution in [2.24, 2.45) is 0 Å². The average Bonchev–Trinajstić information content (AvgIpc) is 2.96. The van der Waals surface area contributed by atoms with Gasteiger partial charge in [0.25, 0.3) is 0 Å². The fraction of sp³-hybridized carbons (Fsp3) is 0.633. The van der Waals surface area contributed by atoms with Gasteiger partial charge < -0.3 is 25.1 Å². The van der Waals surface area contributed by atoms with Gasteiger partial charge in [-0.15, -0.1) is 0 Å². The second kappa shape index (κ2) is 11.4. The summed E-state index contributed by atoms with van der Waals surface area (Å²) in [5, 5.41) is 14.4. The smallest absolute Gasteiger partial charge is 0.225 e. The minimum Gasteiger partial charge on any atom is -0.388 e. The highest BCUT2D eigenvalue weighted by Crippen LogP contribution is 2.47. The molecule has 9 heteroatoms. The fourth-order valence-corrected chi connectivity index (χ4v) is 6.86. The summed E-state index contributed by atoms with van der Waals surface area (Å²) in [4.78, 5) is 30.7. The number of amides is 1. The van der Waals surface area contributed by atoms with Gasteiger partial charge in [-0.25, -0.2) is 9.97 Å². The molecule has 2 saturated carbocycles. The number of hydrogen-bond donors (Lipinski definition) is 2. The molecule has 1 aromatic heterocycles. The number of hydrogen-bond acceptors (Lipinski definition) is 8. The maximum absolute atomic E-state index is 12.7. The third-order valence-electron chi connectivity index (χ3n) is 9.66. The van der Waals surface area contributed by atoms with Gasteiger partial charge in [0.05, 0.1) is 29.2 Å². The van der Waals surface area contributed by atoms with E-state index in [0.29, 0.717) is 13.1 Å². The molecule has 3 fully saturated rings. The van der Waals surface area contributed by atoms with Crippen LogP contribution in [0.25, 0.3) is 0 Å².